The largest absolute Gasteiger partial charge is 0.367 e. The van der Waals surface area contributed by atoms with Gasteiger partial charge in [0.1, 0.15) is 5.82 Å². The lowest BCUT2D eigenvalue weighted by molar-refractivity contribution is 0.626. The van der Waals surface area contributed by atoms with Gasteiger partial charge in [-0.3, -0.25) is 0 Å². The van der Waals surface area contributed by atoms with Gasteiger partial charge in [0.05, 0.1) is 0 Å². The summed E-state index contributed by atoms with van der Waals surface area (Å²) >= 11 is 0. The molecule has 21 heavy (non-hydrogen) atoms. The lowest BCUT2D eigenvalue weighted by Crippen LogP contribution is -2.27. The zero-order valence-corrected chi connectivity index (χ0v) is 12.0. The molecule has 3 heteroatoms. The molecule has 0 saturated carbocycles. The van der Waals surface area contributed by atoms with Gasteiger partial charge >= 0.3 is 0 Å². The van der Waals surface area contributed by atoms with Crippen LogP contribution in [0.15, 0.2) is 36.4 Å². The van der Waals surface area contributed by atoms with Crippen LogP contribution in [0, 0.1) is 5.82 Å². The van der Waals surface area contributed by atoms with E-state index in [1.807, 2.05) is 6.07 Å². The molecule has 2 aromatic rings. The van der Waals surface area contributed by atoms with Gasteiger partial charge in [0, 0.05) is 25.3 Å². The van der Waals surface area contributed by atoms with Crippen molar-refractivity contribution >= 4 is 5.69 Å². The number of hydrogen-bond acceptors (Lipinski definition) is 2. The third kappa shape index (κ3) is 2.32. The molecule has 0 aliphatic carbocycles. The van der Waals surface area contributed by atoms with Gasteiger partial charge in [-0.25, -0.2) is 4.39 Å². The summed E-state index contributed by atoms with van der Waals surface area (Å²) in [4.78, 5) is 2.32. The Hall–Kier alpha value is -1.87. The molecular formula is C18H19FN2. The molecule has 0 saturated heterocycles. The van der Waals surface area contributed by atoms with Crippen molar-refractivity contribution in [3.05, 3.63) is 64.5 Å². The van der Waals surface area contributed by atoms with Crippen molar-refractivity contribution in [2.45, 2.75) is 25.9 Å². The summed E-state index contributed by atoms with van der Waals surface area (Å²) in [6.45, 7) is 3.89. The van der Waals surface area contributed by atoms with Crippen LogP contribution in [0.25, 0.3) is 0 Å². The van der Waals surface area contributed by atoms with Crippen LogP contribution < -0.4 is 10.2 Å². The molecular weight excluding hydrogens is 263 g/mol. The van der Waals surface area contributed by atoms with Crippen LogP contribution in [-0.2, 0) is 25.9 Å². The molecule has 0 spiro atoms. The minimum absolute atomic E-state index is 0.139. The van der Waals surface area contributed by atoms with E-state index >= 15 is 0 Å². The van der Waals surface area contributed by atoms with Crippen LogP contribution in [0.5, 0.6) is 0 Å². The molecule has 0 atom stereocenters. The molecule has 2 nitrogen and oxygen atoms in total. The number of anilines is 1. The monoisotopic (exact) mass is 282 g/mol. The number of rotatable bonds is 2. The highest BCUT2D eigenvalue weighted by Crippen LogP contribution is 2.31. The van der Waals surface area contributed by atoms with Gasteiger partial charge in [0.15, 0.2) is 0 Å². The molecule has 2 heterocycles. The minimum Gasteiger partial charge on any atom is -0.367 e. The zero-order valence-electron chi connectivity index (χ0n) is 12.0. The standard InChI is InChI=1S/C18H19FN2/c19-16-5-4-13-7-9-21(18(13)10-16)12-15-3-1-2-14-11-20-8-6-17(14)15/h1-5,10,20H,6-9,11-12H2. The predicted octanol–water partition coefficient (Wildman–Crippen LogP) is 3.03. The Balaban J connectivity index is 1.65. The van der Waals surface area contributed by atoms with Crippen LogP contribution in [-0.4, -0.2) is 13.1 Å². The number of hydrogen-bond donors (Lipinski definition) is 1. The van der Waals surface area contributed by atoms with Crippen molar-refractivity contribution in [2.24, 2.45) is 0 Å². The number of nitrogens with zero attached hydrogens (tertiary/aromatic N) is 1. The van der Waals surface area contributed by atoms with E-state index in [4.69, 9.17) is 0 Å². The molecule has 2 aliphatic rings. The van der Waals surface area contributed by atoms with Gasteiger partial charge in [-0.2, -0.15) is 0 Å². The Bertz CT molecular complexity index is 681. The number of fused-ring (bicyclic) bond motifs is 2. The van der Waals surface area contributed by atoms with Gasteiger partial charge in [0.25, 0.3) is 0 Å². The van der Waals surface area contributed by atoms with Gasteiger partial charge in [-0.1, -0.05) is 24.3 Å². The van der Waals surface area contributed by atoms with E-state index in [9.17, 15) is 4.39 Å². The van der Waals surface area contributed by atoms with Crippen molar-refractivity contribution in [2.75, 3.05) is 18.0 Å². The Labute approximate surface area is 124 Å². The zero-order chi connectivity index (χ0) is 14.2. The second-order valence-corrected chi connectivity index (χ2v) is 5.93. The number of benzene rings is 2. The van der Waals surface area contributed by atoms with E-state index in [1.54, 1.807) is 12.1 Å². The summed E-state index contributed by atoms with van der Waals surface area (Å²) < 4.78 is 13.5. The summed E-state index contributed by atoms with van der Waals surface area (Å²) in [6.07, 6.45) is 2.11. The van der Waals surface area contributed by atoms with E-state index in [0.717, 1.165) is 44.7 Å². The highest BCUT2D eigenvalue weighted by atomic mass is 19.1. The van der Waals surface area contributed by atoms with Gasteiger partial charge in [-0.05, 0) is 53.8 Å². The maximum Gasteiger partial charge on any atom is 0.125 e. The number of halogens is 1. The van der Waals surface area contributed by atoms with Crippen LogP contribution >= 0.6 is 0 Å². The van der Waals surface area contributed by atoms with E-state index in [-0.39, 0.29) is 5.82 Å². The average molecular weight is 282 g/mol. The van der Waals surface area contributed by atoms with Crippen LogP contribution in [0.1, 0.15) is 22.3 Å². The summed E-state index contributed by atoms with van der Waals surface area (Å²) in [6, 6.07) is 11.8. The molecule has 2 aliphatic heterocycles. The fourth-order valence-corrected chi connectivity index (χ4v) is 3.55. The summed E-state index contributed by atoms with van der Waals surface area (Å²) in [5, 5.41) is 3.42. The first-order chi connectivity index (χ1) is 10.3. The maximum absolute atomic E-state index is 13.5. The Morgan fingerprint density at radius 2 is 2.05 bits per heavy atom. The van der Waals surface area contributed by atoms with Crippen molar-refractivity contribution in [3.63, 3.8) is 0 Å². The molecule has 0 aromatic heterocycles. The van der Waals surface area contributed by atoms with Gasteiger partial charge in [0.2, 0.25) is 0 Å². The summed E-state index contributed by atoms with van der Waals surface area (Å²) in [7, 11) is 0. The first kappa shape index (κ1) is 12.8. The molecule has 2 aromatic carbocycles. The lowest BCUT2D eigenvalue weighted by Gasteiger charge is -2.25. The molecule has 0 bridgehead atoms. The Morgan fingerprint density at radius 3 is 3.00 bits per heavy atom. The first-order valence-electron chi connectivity index (χ1n) is 7.65. The van der Waals surface area contributed by atoms with Crippen molar-refractivity contribution in [1.82, 2.24) is 5.32 Å². The van der Waals surface area contributed by atoms with Crippen LogP contribution in [0.4, 0.5) is 10.1 Å². The van der Waals surface area contributed by atoms with Gasteiger partial charge in [-0.15, -0.1) is 0 Å². The average Bonchev–Trinajstić information content (AvgIpc) is 2.90. The topological polar surface area (TPSA) is 15.3 Å². The van der Waals surface area contributed by atoms with Gasteiger partial charge < -0.3 is 10.2 Å². The second kappa shape index (κ2) is 5.15. The molecule has 1 N–H and O–H groups in total. The fourth-order valence-electron chi connectivity index (χ4n) is 3.55. The number of nitrogens with one attached hydrogen (secondary N) is 1. The molecule has 108 valence electrons. The molecule has 4 rings (SSSR count). The third-order valence-electron chi connectivity index (χ3n) is 4.64. The van der Waals surface area contributed by atoms with Crippen molar-refractivity contribution < 1.29 is 4.39 Å². The van der Waals surface area contributed by atoms with E-state index in [1.165, 1.54) is 22.3 Å². The third-order valence-corrected chi connectivity index (χ3v) is 4.64. The van der Waals surface area contributed by atoms with Crippen LogP contribution in [0.2, 0.25) is 0 Å². The molecule has 0 fully saturated rings. The van der Waals surface area contributed by atoms with Crippen molar-refractivity contribution in [3.8, 4) is 0 Å². The van der Waals surface area contributed by atoms with E-state index in [0.29, 0.717) is 0 Å². The second-order valence-electron chi connectivity index (χ2n) is 5.93. The molecule has 0 unspecified atom stereocenters. The SMILES string of the molecule is Fc1ccc2c(c1)N(Cc1cccc3c1CCNC3)CC2. The summed E-state index contributed by atoms with van der Waals surface area (Å²) in [5.74, 6) is -0.139. The normalized spacial score (nSPS) is 16.7. The molecule has 0 radical (unpaired) electrons. The van der Waals surface area contributed by atoms with E-state index < -0.39 is 0 Å². The minimum atomic E-state index is -0.139. The highest BCUT2D eigenvalue weighted by molar-refractivity contribution is 5.58. The van der Waals surface area contributed by atoms with Crippen LogP contribution in [0.3, 0.4) is 0 Å². The van der Waals surface area contributed by atoms with E-state index in [2.05, 4.69) is 28.4 Å². The summed E-state index contributed by atoms with van der Waals surface area (Å²) in [5.41, 5.74) is 6.63. The molecule has 0 amide bonds. The Kier molecular flexibility index (Phi) is 3.15. The Morgan fingerprint density at radius 1 is 1.10 bits per heavy atom. The quantitative estimate of drug-likeness (QED) is 0.911. The smallest absolute Gasteiger partial charge is 0.125 e. The fraction of sp³-hybridized carbons (Fsp3) is 0.333. The lowest BCUT2D eigenvalue weighted by atomic mass is 9.95. The first-order valence-corrected chi connectivity index (χ1v) is 7.65. The highest BCUT2D eigenvalue weighted by Gasteiger charge is 2.21. The maximum atomic E-state index is 13.5. The predicted molar refractivity (Wildman–Crippen MR) is 83.0 cm³/mol. The van der Waals surface area contributed by atoms with Crippen molar-refractivity contribution in [1.29, 1.82) is 0 Å².